The second kappa shape index (κ2) is 11.0. The Morgan fingerprint density at radius 1 is 1.00 bits per heavy atom. The van der Waals surface area contributed by atoms with Crippen LogP contribution in [0.4, 0.5) is 5.69 Å². The van der Waals surface area contributed by atoms with Gasteiger partial charge in [-0.1, -0.05) is 61.4 Å². The lowest BCUT2D eigenvalue weighted by Crippen LogP contribution is -2.50. The maximum absolute atomic E-state index is 14.2. The molecule has 2 N–H and O–H groups in total. The van der Waals surface area contributed by atoms with E-state index < -0.39 is 0 Å². The van der Waals surface area contributed by atoms with Crippen molar-refractivity contribution in [1.82, 2.24) is 15.1 Å². The molecule has 2 aromatic rings. The fourth-order valence-electron chi connectivity index (χ4n) is 6.61. The average molecular weight is 489 g/mol. The molecule has 2 aromatic carbocycles. The van der Waals surface area contributed by atoms with Crippen LogP contribution in [0, 0.1) is 11.8 Å². The molecule has 192 valence electrons. The molecule has 2 amide bonds. The van der Waals surface area contributed by atoms with Gasteiger partial charge < -0.3 is 20.4 Å². The van der Waals surface area contributed by atoms with Crippen LogP contribution in [-0.2, 0) is 9.59 Å². The fourth-order valence-corrected chi connectivity index (χ4v) is 6.61. The number of nitrogens with zero attached hydrogens (tertiary/aromatic N) is 2. The molecule has 6 nitrogen and oxygen atoms in total. The Kier molecular flexibility index (Phi) is 7.61. The van der Waals surface area contributed by atoms with Crippen LogP contribution in [0.5, 0.6) is 0 Å². The van der Waals surface area contributed by atoms with Crippen LogP contribution in [-0.4, -0.2) is 54.8 Å². The average Bonchev–Trinajstić information content (AvgIpc) is 3.34. The summed E-state index contributed by atoms with van der Waals surface area (Å²) in [5.41, 5.74) is 3.62. The lowest BCUT2D eigenvalue weighted by Gasteiger charge is -2.42. The summed E-state index contributed by atoms with van der Waals surface area (Å²) < 4.78 is 0. The third kappa shape index (κ3) is 5.15. The molecule has 6 heteroatoms. The van der Waals surface area contributed by atoms with Gasteiger partial charge in [0.15, 0.2) is 0 Å². The number of anilines is 1. The van der Waals surface area contributed by atoms with Crippen LogP contribution >= 0.6 is 0 Å². The van der Waals surface area contributed by atoms with E-state index in [0.717, 1.165) is 57.3 Å². The number of hydrogen-bond donors (Lipinski definition) is 2. The molecule has 2 heterocycles. The third-order valence-electron chi connectivity index (χ3n) is 8.34. The summed E-state index contributed by atoms with van der Waals surface area (Å²) in [4.78, 5) is 31.1. The highest BCUT2D eigenvalue weighted by Gasteiger charge is 2.48. The Bertz CT molecular complexity index is 1060. The minimum absolute atomic E-state index is 0.0564. The SMILES string of the molecule is CN(C)CCCC(=O)N[C@@H]1CCCC[C@@H]1C(=O)N1CC[C@H]2[C@H](c3ccccc3)Nc3ccccc3[C@@H]21. The zero-order valence-electron chi connectivity index (χ0n) is 21.7. The molecular formula is C30H40N4O2. The van der Waals surface area contributed by atoms with E-state index in [9.17, 15) is 9.59 Å². The van der Waals surface area contributed by atoms with E-state index in [-0.39, 0.29) is 35.9 Å². The predicted molar refractivity (Wildman–Crippen MR) is 143 cm³/mol. The zero-order chi connectivity index (χ0) is 25.1. The van der Waals surface area contributed by atoms with Crippen molar-refractivity contribution in [3.05, 3.63) is 65.7 Å². The molecular weight excluding hydrogens is 448 g/mol. The van der Waals surface area contributed by atoms with Gasteiger partial charge in [0.05, 0.1) is 18.0 Å². The first-order chi connectivity index (χ1) is 17.5. The summed E-state index contributed by atoms with van der Waals surface area (Å²) in [6.07, 6.45) is 6.20. The van der Waals surface area contributed by atoms with E-state index in [1.54, 1.807) is 0 Å². The molecule has 0 bridgehead atoms. The standard InChI is InChI=1S/C30H40N4O2/c1-33(2)19-10-17-27(35)31-26-16-9-7-14-23(26)30(36)34-20-18-24-28(21-11-4-3-5-12-21)32-25-15-8-6-13-22(25)29(24)34/h3-6,8,11-13,15,23-24,26,28-29,32H,7,9-10,14,16-20H2,1-2H3,(H,31,35)/t23-,24-,26+,28-,29-/m0/s1. The molecule has 1 aliphatic carbocycles. The number of hydrogen-bond acceptors (Lipinski definition) is 4. The number of carbonyl (C=O) groups is 2. The van der Waals surface area contributed by atoms with Gasteiger partial charge in [0.1, 0.15) is 0 Å². The first-order valence-corrected chi connectivity index (χ1v) is 13.7. The van der Waals surface area contributed by atoms with Gasteiger partial charge in [-0.05, 0) is 63.5 Å². The van der Waals surface area contributed by atoms with E-state index in [1.807, 2.05) is 14.1 Å². The molecule has 2 aliphatic heterocycles. The highest BCUT2D eigenvalue weighted by atomic mass is 16.2. The van der Waals surface area contributed by atoms with Gasteiger partial charge in [-0.25, -0.2) is 0 Å². The Morgan fingerprint density at radius 3 is 2.56 bits per heavy atom. The quantitative estimate of drug-likeness (QED) is 0.590. The topological polar surface area (TPSA) is 64.7 Å². The molecule has 5 atom stereocenters. The highest BCUT2D eigenvalue weighted by molar-refractivity contribution is 5.83. The van der Waals surface area contributed by atoms with Crippen LogP contribution in [0.2, 0.25) is 0 Å². The van der Waals surface area contributed by atoms with Crippen LogP contribution in [0.1, 0.15) is 68.2 Å². The van der Waals surface area contributed by atoms with Gasteiger partial charge in [0, 0.05) is 30.6 Å². The maximum atomic E-state index is 14.2. The van der Waals surface area contributed by atoms with Crippen molar-refractivity contribution in [2.75, 3.05) is 32.5 Å². The van der Waals surface area contributed by atoms with E-state index in [0.29, 0.717) is 12.3 Å². The van der Waals surface area contributed by atoms with E-state index in [4.69, 9.17) is 0 Å². The number of likely N-dealkylation sites (tertiary alicyclic amines) is 1. The molecule has 36 heavy (non-hydrogen) atoms. The zero-order valence-corrected chi connectivity index (χ0v) is 21.7. The first kappa shape index (κ1) is 24.8. The van der Waals surface area contributed by atoms with Crippen LogP contribution in [0.15, 0.2) is 54.6 Å². The fraction of sp³-hybridized carbons (Fsp3) is 0.533. The van der Waals surface area contributed by atoms with Gasteiger partial charge in [-0.3, -0.25) is 9.59 Å². The highest BCUT2D eigenvalue weighted by Crippen LogP contribution is 2.51. The first-order valence-electron chi connectivity index (χ1n) is 13.7. The van der Waals surface area contributed by atoms with Crippen molar-refractivity contribution >= 4 is 17.5 Å². The Hall–Kier alpha value is -2.86. The van der Waals surface area contributed by atoms with Gasteiger partial charge in [0.2, 0.25) is 11.8 Å². The van der Waals surface area contributed by atoms with Crippen molar-refractivity contribution in [2.24, 2.45) is 11.8 Å². The lowest BCUT2D eigenvalue weighted by molar-refractivity contribution is -0.139. The lowest BCUT2D eigenvalue weighted by atomic mass is 9.79. The molecule has 0 spiro atoms. The monoisotopic (exact) mass is 488 g/mol. The Labute approximate surface area is 215 Å². The number of benzene rings is 2. The van der Waals surface area contributed by atoms with Crippen molar-refractivity contribution in [2.45, 2.75) is 63.1 Å². The minimum Gasteiger partial charge on any atom is -0.378 e. The van der Waals surface area contributed by atoms with E-state index in [1.165, 1.54) is 11.1 Å². The van der Waals surface area contributed by atoms with Crippen molar-refractivity contribution < 1.29 is 9.59 Å². The van der Waals surface area contributed by atoms with E-state index >= 15 is 0 Å². The van der Waals surface area contributed by atoms with Crippen LogP contribution in [0.25, 0.3) is 0 Å². The minimum atomic E-state index is -0.132. The van der Waals surface area contributed by atoms with E-state index in [2.05, 4.69) is 75.0 Å². The Balaban J connectivity index is 1.35. The van der Waals surface area contributed by atoms with Gasteiger partial charge in [-0.15, -0.1) is 0 Å². The summed E-state index contributed by atoms with van der Waals surface area (Å²) in [5.74, 6) is 0.503. The molecule has 0 radical (unpaired) electrons. The van der Waals surface area contributed by atoms with Crippen molar-refractivity contribution in [3.63, 3.8) is 0 Å². The smallest absolute Gasteiger partial charge is 0.228 e. The molecule has 2 fully saturated rings. The molecule has 0 unspecified atom stereocenters. The van der Waals surface area contributed by atoms with Gasteiger partial charge in [0.25, 0.3) is 0 Å². The summed E-state index contributed by atoms with van der Waals surface area (Å²) >= 11 is 0. The number of fused-ring (bicyclic) bond motifs is 3. The Morgan fingerprint density at radius 2 is 1.75 bits per heavy atom. The number of carbonyl (C=O) groups excluding carboxylic acids is 2. The number of nitrogens with one attached hydrogen (secondary N) is 2. The summed E-state index contributed by atoms with van der Waals surface area (Å²) in [7, 11) is 4.05. The second-order valence-corrected chi connectivity index (χ2v) is 11.0. The molecule has 1 saturated heterocycles. The third-order valence-corrected chi connectivity index (χ3v) is 8.34. The summed E-state index contributed by atoms with van der Waals surface area (Å²) in [6.45, 7) is 1.67. The largest absolute Gasteiger partial charge is 0.378 e. The van der Waals surface area contributed by atoms with Crippen LogP contribution in [0.3, 0.4) is 0 Å². The second-order valence-electron chi connectivity index (χ2n) is 11.0. The number of para-hydroxylation sites is 1. The molecule has 1 saturated carbocycles. The number of amides is 2. The normalized spacial score (nSPS) is 27.2. The number of rotatable bonds is 7. The molecule has 5 rings (SSSR count). The molecule has 3 aliphatic rings. The summed E-state index contributed by atoms with van der Waals surface area (Å²) in [5, 5.41) is 7.04. The van der Waals surface area contributed by atoms with Crippen molar-refractivity contribution in [3.8, 4) is 0 Å². The van der Waals surface area contributed by atoms with Crippen LogP contribution < -0.4 is 10.6 Å². The molecule has 0 aromatic heterocycles. The van der Waals surface area contributed by atoms with Gasteiger partial charge in [-0.2, -0.15) is 0 Å². The maximum Gasteiger partial charge on any atom is 0.228 e. The summed E-state index contributed by atoms with van der Waals surface area (Å²) in [6, 6.07) is 19.3. The van der Waals surface area contributed by atoms with Crippen molar-refractivity contribution in [1.29, 1.82) is 0 Å². The predicted octanol–water partition coefficient (Wildman–Crippen LogP) is 4.76. The van der Waals surface area contributed by atoms with Gasteiger partial charge >= 0.3 is 0 Å².